The molecule has 3 heterocycles. The van der Waals surface area contributed by atoms with E-state index >= 15 is 0 Å². The number of fused-ring (bicyclic) bond motifs is 5. The van der Waals surface area contributed by atoms with E-state index in [0.29, 0.717) is 49.1 Å². The summed E-state index contributed by atoms with van der Waals surface area (Å²) in [6.07, 6.45) is 0.337. The van der Waals surface area contributed by atoms with E-state index in [1.165, 1.54) is 4.90 Å². The number of nitrogens with zero attached hydrogens (tertiary/aromatic N) is 4. The highest BCUT2D eigenvalue weighted by Gasteiger charge is 2.34. The van der Waals surface area contributed by atoms with Crippen molar-refractivity contribution < 1.29 is 23.9 Å². The number of likely N-dealkylation sites (N-methyl/N-ethyl adjacent to an activating group) is 1. The summed E-state index contributed by atoms with van der Waals surface area (Å²) in [5, 5.41) is 3.06. The minimum Gasteiger partial charge on any atom is -0.457 e. The van der Waals surface area contributed by atoms with Crippen molar-refractivity contribution in [1.82, 2.24) is 25.1 Å². The first kappa shape index (κ1) is 28.2. The molecule has 214 valence electrons. The quantitative estimate of drug-likeness (QED) is 0.515. The van der Waals surface area contributed by atoms with Crippen molar-refractivity contribution in [3.8, 4) is 11.5 Å². The molecule has 2 atom stereocenters. The summed E-state index contributed by atoms with van der Waals surface area (Å²) in [6.45, 7) is 6.75. The summed E-state index contributed by atoms with van der Waals surface area (Å²) in [5.41, 5.74) is 2.76. The van der Waals surface area contributed by atoms with Gasteiger partial charge in [0.05, 0.1) is 31.7 Å². The fourth-order valence-corrected chi connectivity index (χ4v) is 5.29. The molecule has 2 aliphatic heterocycles. The Balaban J connectivity index is 1.40. The van der Waals surface area contributed by atoms with Crippen molar-refractivity contribution in [2.45, 2.75) is 52.4 Å². The smallest absolute Gasteiger partial charge is 0.272 e. The van der Waals surface area contributed by atoms with Gasteiger partial charge in [0.1, 0.15) is 23.0 Å². The minimum absolute atomic E-state index is 0.0895. The number of nitrogens with one attached hydrogen (secondary N) is 1. The number of aryl methyl sites for hydroxylation is 2. The van der Waals surface area contributed by atoms with E-state index < -0.39 is 6.04 Å². The van der Waals surface area contributed by atoms with Gasteiger partial charge in [-0.3, -0.25) is 14.4 Å². The molecule has 1 N–H and O–H groups in total. The van der Waals surface area contributed by atoms with E-state index in [2.05, 4.69) is 15.3 Å². The zero-order chi connectivity index (χ0) is 28.9. The van der Waals surface area contributed by atoms with Crippen LogP contribution >= 0.6 is 0 Å². The van der Waals surface area contributed by atoms with E-state index in [9.17, 15) is 14.4 Å². The number of aromatic nitrogens is 2. The van der Waals surface area contributed by atoms with Crippen molar-refractivity contribution in [3.63, 3.8) is 0 Å². The van der Waals surface area contributed by atoms with Crippen LogP contribution in [-0.2, 0) is 27.4 Å². The predicted molar refractivity (Wildman–Crippen MR) is 151 cm³/mol. The van der Waals surface area contributed by atoms with Crippen LogP contribution in [0.1, 0.15) is 46.5 Å². The number of hydrogen-bond donors (Lipinski definition) is 1. The van der Waals surface area contributed by atoms with Crippen LogP contribution in [0.5, 0.6) is 11.5 Å². The maximum Gasteiger partial charge on any atom is 0.272 e. The third-order valence-corrected chi connectivity index (χ3v) is 7.29. The first-order chi connectivity index (χ1) is 19.8. The van der Waals surface area contributed by atoms with E-state index in [0.717, 1.165) is 16.8 Å². The van der Waals surface area contributed by atoms with Crippen LogP contribution in [0.4, 0.5) is 0 Å². The Kier molecular flexibility index (Phi) is 8.58. The topological polar surface area (TPSA) is 114 Å². The molecule has 0 aliphatic carbocycles. The van der Waals surface area contributed by atoms with Crippen molar-refractivity contribution in [3.05, 3.63) is 82.9 Å². The molecule has 10 heteroatoms. The van der Waals surface area contributed by atoms with Crippen LogP contribution in [0.3, 0.4) is 0 Å². The Labute approximate surface area is 239 Å². The highest BCUT2D eigenvalue weighted by molar-refractivity contribution is 5.92. The zero-order valence-corrected chi connectivity index (χ0v) is 23.6. The molecule has 2 aliphatic rings. The molecular formula is C31H35N5O5. The largest absolute Gasteiger partial charge is 0.457 e. The van der Waals surface area contributed by atoms with Crippen molar-refractivity contribution in [1.29, 1.82) is 0 Å². The second-order valence-electron chi connectivity index (χ2n) is 10.5. The monoisotopic (exact) mass is 557 g/mol. The summed E-state index contributed by atoms with van der Waals surface area (Å²) in [6, 6.07) is 16.3. The Hall–Kier alpha value is -4.31. The first-order valence-corrected chi connectivity index (χ1v) is 13.9. The Bertz CT molecular complexity index is 1420. The van der Waals surface area contributed by atoms with Gasteiger partial charge in [0, 0.05) is 25.3 Å². The fourth-order valence-electron chi connectivity index (χ4n) is 5.29. The molecule has 0 spiro atoms. The Morgan fingerprint density at radius 2 is 1.76 bits per heavy atom. The van der Waals surface area contributed by atoms with E-state index in [-0.39, 0.29) is 43.3 Å². The summed E-state index contributed by atoms with van der Waals surface area (Å²) in [7, 11) is 0. The summed E-state index contributed by atoms with van der Waals surface area (Å²) in [5.74, 6) is 1.15. The van der Waals surface area contributed by atoms with Gasteiger partial charge in [-0.15, -0.1) is 0 Å². The van der Waals surface area contributed by atoms with Gasteiger partial charge in [0.15, 0.2) is 0 Å². The van der Waals surface area contributed by atoms with Gasteiger partial charge < -0.3 is 24.6 Å². The lowest BCUT2D eigenvalue weighted by Gasteiger charge is -2.39. The summed E-state index contributed by atoms with van der Waals surface area (Å²) >= 11 is 0. The maximum atomic E-state index is 13.4. The summed E-state index contributed by atoms with van der Waals surface area (Å²) < 4.78 is 12.4. The molecule has 2 aromatic carbocycles. The van der Waals surface area contributed by atoms with Crippen LogP contribution in [0.2, 0.25) is 0 Å². The maximum absolute atomic E-state index is 13.4. The van der Waals surface area contributed by atoms with Gasteiger partial charge >= 0.3 is 0 Å². The number of likely N-dealkylation sites (tertiary alicyclic amines) is 1. The lowest BCUT2D eigenvalue weighted by molar-refractivity contribution is -0.136. The first-order valence-electron chi connectivity index (χ1n) is 13.9. The minimum atomic E-state index is -0.469. The summed E-state index contributed by atoms with van der Waals surface area (Å²) in [4.78, 5) is 51.6. The fraction of sp³-hybridized carbons (Fsp3) is 0.387. The molecule has 1 saturated heterocycles. The number of hydrogen-bond acceptors (Lipinski definition) is 7. The third kappa shape index (κ3) is 7.07. The molecular weight excluding hydrogens is 522 g/mol. The van der Waals surface area contributed by atoms with Gasteiger partial charge in [-0.05, 0) is 68.7 Å². The molecule has 3 amide bonds. The Morgan fingerprint density at radius 3 is 2.49 bits per heavy atom. The van der Waals surface area contributed by atoms with Crippen LogP contribution in [-0.4, -0.2) is 75.8 Å². The van der Waals surface area contributed by atoms with Crippen LogP contribution < -0.4 is 10.1 Å². The molecule has 0 radical (unpaired) electrons. The average molecular weight is 558 g/mol. The Morgan fingerprint density at radius 1 is 1.02 bits per heavy atom. The van der Waals surface area contributed by atoms with Gasteiger partial charge in [-0.25, -0.2) is 9.97 Å². The zero-order valence-electron chi connectivity index (χ0n) is 23.6. The molecule has 10 nitrogen and oxygen atoms in total. The molecule has 4 bridgehead atoms. The highest BCUT2D eigenvalue weighted by Crippen LogP contribution is 2.25. The van der Waals surface area contributed by atoms with Crippen molar-refractivity contribution >= 4 is 17.7 Å². The number of carbonyl (C=O) groups excluding carboxylic acids is 3. The number of benzene rings is 2. The molecule has 0 saturated carbocycles. The van der Waals surface area contributed by atoms with E-state index in [1.807, 2.05) is 62.4 Å². The predicted octanol–water partition coefficient (Wildman–Crippen LogP) is 3.21. The average Bonchev–Trinajstić information content (AvgIpc) is 2.94. The highest BCUT2D eigenvalue weighted by atomic mass is 16.5. The number of rotatable bonds is 2. The second-order valence-corrected chi connectivity index (χ2v) is 10.5. The SMILES string of the molecule is CCN1CC(=O)N[C@H]2CN(C(=O)c3cc(C)nc(C)n3)CC[C@@H]2OCc2cccc(c2)Oc2cccc(c2)CC1=O. The number of carbonyl (C=O) groups is 3. The second kappa shape index (κ2) is 12.5. The van der Waals surface area contributed by atoms with Crippen LogP contribution in [0.15, 0.2) is 54.6 Å². The van der Waals surface area contributed by atoms with E-state index in [4.69, 9.17) is 9.47 Å². The van der Waals surface area contributed by atoms with Gasteiger partial charge in [-0.2, -0.15) is 0 Å². The molecule has 5 rings (SSSR count). The molecule has 0 unspecified atom stereocenters. The molecule has 1 fully saturated rings. The number of amides is 3. The molecule has 41 heavy (non-hydrogen) atoms. The lowest BCUT2D eigenvalue weighted by atomic mass is 10.0. The standard InChI is InChI=1S/C31H35N5O5/c1-4-35-18-29(37)34-27-17-36(31(39)26-13-20(2)32-21(3)33-26)12-11-28(27)40-19-23-8-6-10-25(15-23)41-24-9-5-7-22(14-24)16-30(35)38/h5-10,13-15,27-28H,4,11-12,16-19H2,1-3H3,(H,34,37)/t27-,28-/m0/s1. The van der Waals surface area contributed by atoms with Crippen LogP contribution in [0.25, 0.3) is 0 Å². The van der Waals surface area contributed by atoms with Gasteiger partial charge in [0.2, 0.25) is 11.8 Å². The lowest BCUT2D eigenvalue weighted by Crippen LogP contribution is -2.58. The van der Waals surface area contributed by atoms with Crippen molar-refractivity contribution in [2.24, 2.45) is 0 Å². The normalized spacial score (nSPS) is 20.0. The molecule has 1 aromatic heterocycles. The van der Waals surface area contributed by atoms with Crippen LogP contribution in [0, 0.1) is 13.8 Å². The van der Waals surface area contributed by atoms with Crippen molar-refractivity contribution in [2.75, 3.05) is 26.2 Å². The number of ether oxygens (including phenoxy) is 2. The third-order valence-electron chi connectivity index (χ3n) is 7.29. The van der Waals surface area contributed by atoms with Gasteiger partial charge in [-0.1, -0.05) is 24.3 Å². The van der Waals surface area contributed by atoms with Gasteiger partial charge in [0.25, 0.3) is 5.91 Å². The van der Waals surface area contributed by atoms with E-state index in [1.54, 1.807) is 17.9 Å². The molecule has 3 aromatic rings. The number of piperidine rings is 1.